The standard InChI is InChI=1S/C14H22N2O3/c1-9-8-16(6-7-18-9)13(17)11-10(2)19-15-12(11)14(3,4)5/h9H,6-8H2,1-5H3. The van der Waals surface area contributed by atoms with Crippen LogP contribution in [-0.2, 0) is 10.2 Å². The number of ether oxygens (including phenoxy) is 1. The molecule has 5 heteroatoms. The van der Waals surface area contributed by atoms with E-state index in [0.717, 1.165) is 5.69 Å². The van der Waals surface area contributed by atoms with Crippen LogP contribution in [0.3, 0.4) is 0 Å². The van der Waals surface area contributed by atoms with E-state index >= 15 is 0 Å². The Morgan fingerprint density at radius 2 is 2.11 bits per heavy atom. The summed E-state index contributed by atoms with van der Waals surface area (Å²) in [5, 5.41) is 4.07. The van der Waals surface area contributed by atoms with Crippen LogP contribution in [0.1, 0.15) is 49.5 Å². The number of aryl methyl sites for hydroxylation is 1. The summed E-state index contributed by atoms with van der Waals surface area (Å²) in [7, 11) is 0. The molecule has 0 bridgehead atoms. The van der Waals surface area contributed by atoms with Gasteiger partial charge in [0, 0.05) is 18.5 Å². The van der Waals surface area contributed by atoms with Gasteiger partial charge in [-0.25, -0.2) is 0 Å². The van der Waals surface area contributed by atoms with Gasteiger partial charge in [0.1, 0.15) is 17.0 Å². The Morgan fingerprint density at radius 3 is 2.68 bits per heavy atom. The summed E-state index contributed by atoms with van der Waals surface area (Å²) < 4.78 is 10.7. The van der Waals surface area contributed by atoms with Crippen molar-refractivity contribution in [2.45, 2.75) is 46.1 Å². The van der Waals surface area contributed by atoms with E-state index in [9.17, 15) is 4.79 Å². The lowest BCUT2D eigenvalue weighted by Crippen LogP contribution is -2.45. The maximum absolute atomic E-state index is 12.7. The predicted octanol–water partition coefficient (Wildman–Crippen LogP) is 2.14. The van der Waals surface area contributed by atoms with Crippen LogP contribution < -0.4 is 0 Å². The molecule has 2 rings (SSSR count). The van der Waals surface area contributed by atoms with Crippen molar-refractivity contribution < 1.29 is 14.1 Å². The molecule has 0 aromatic carbocycles. The highest BCUT2D eigenvalue weighted by atomic mass is 16.5. The molecule has 0 aliphatic carbocycles. The third kappa shape index (κ3) is 2.81. The summed E-state index contributed by atoms with van der Waals surface area (Å²) in [5.41, 5.74) is 1.14. The van der Waals surface area contributed by atoms with Crippen molar-refractivity contribution in [3.05, 3.63) is 17.0 Å². The molecular weight excluding hydrogens is 244 g/mol. The number of hydrogen-bond acceptors (Lipinski definition) is 4. The normalized spacial score (nSPS) is 20.7. The van der Waals surface area contributed by atoms with E-state index in [2.05, 4.69) is 5.16 Å². The lowest BCUT2D eigenvalue weighted by molar-refractivity contribution is -0.0125. The molecule has 0 N–H and O–H groups in total. The van der Waals surface area contributed by atoms with Gasteiger partial charge >= 0.3 is 0 Å². The average Bonchev–Trinajstić information content (AvgIpc) is 2.70. The highest BCUT2D eigenvalue weighted by Crippen LogP contribution is 2.28. The van der Waals surface area contributed by atoms with Crippen LogP contribution in [-0.4, -0.2) is 41.8 Å². The monoisotopic (exact) mass is 266 g/mol. The second-order valence-corrected chi connectivity index (χ2v) is 6.14. The van der Waals surface area contributed by atoms with Gasteiger partial charge in [0.15, 0.2) is 0 Å². The number of morpholine rings is 1. The lowest BCUT2D eigenvalue weighted by Gasteiger charge is -2.31. The molecule has 1 atom stereocenters. The molecule has 5 nitrogen and oxygen atoms in total. The zero-order valence-corrected chi connectivity index (χ0v) is 12.3. The molecule has 1 unspecified atom stereocenters. The first-order valence-corrected chi connectivity index (χ1v) is 6.68. The van der Waals surface area contributed by atoms with Gasteiger partial charge in [-0.2, -0.15) is 0 Å². The Morgan fingerprint density at radius 1 is 1.42 bits per heavy atom. The fourth-order valence-corrected chi connectivity index (χ4v) is 2.30. The first-order chi connectivity index (χ1) is 8.80. The van der Waals surface area contributed by atoms with Crippen LogP contribution in [0.25, 0.3) is 0 Å². The lowest BCUT2D eigenvalue weighted by atomic mass is 9.88. The van der Waals surface area contributed by atoms with E-state index in [-0.39, 0.29) is 17.4 Å². The second-order valence-electron chi connectivity index (χ2n) is 6.14. The summed E-state index contributed by atoms with van der Waals surface area (Å²) in [6, 6.07) is 0. The third-order valence-electron chi connectivity index (χ3n) is 3.32. The maximum atomic E-state index is 12.7. The van der Waals surface area contributed by atoms with Crippen LogP contribution in [0.4, 0.5) is 0 Å². The van der Waals surface area contributed by atoms with E-state index in [1.807, 2.05) is 32.6 Å². The van der Waals surface area contributed by atoms with Gasteiger partial charge in [0.2, 0.25) is 0 Å². The molecule has 19 heavy (non-hydrogen) atoms. The maximum Gasteiger partial charge on any atom is 0.259 e. The first-order valence-electron chi connectivity index (χ1n) is 6.68. The molecule has 1 saturated heterocycles. The second kappa shape index (κ2) is 4.96. The highest BCUT2D eigenvalue weighted by molar-refractivity contribution is 5.96. The summed E-state index contributed by atoms with van der Waals surface area (Å²) in [6.45, 7) is 11.7. The number of amides is 1. The molecule has 1 aliphatic rings. The van der Waals surface area contributed by atoms with Gasteiger partial charge in [0.25, 0.3) is 5.91 Å². The molecule has 1 fully saturated rings. The van der Waals surface area contributed by atoms with Crippen LogP contribution in [0, 0.1) is 6.92 Å². The average molecular weight is 266 g/mol. The van der Waals surface area contributed by atoms with Crippen molar-refractivity contribution >= 4 is 5.91 Å². The number of rotatable bonds is 1. The zero-order chi connectivity index (χ0) is 14.2. The molecular formula is C14H22N2O3. The number of nitrogens with zero attached hydrogens (tertiary/aromatic N) is 2. The van der Waals surface area contributed by atoms with E-state index in [4.69, 9.17) is 9.26 Å². The van der Waals surface area contributed by atoms with Crippen molar-refractivity contribution in [2.75, 3.05) is 19.7 Å². The Bertz CT molecular complexity index is 474. The fraction of sp³-hybridized carbons (Fsp3) is 0.714. The number of carbonyl (C=O) groups excluding carboxylic acids is 1. The van der Waals surface area contributed by atoms with Crippen LogP contribution >= 0.6 is 0 Å². The summed E-state index contributed by atoms with van der Waals surface area (Å²) in [6.07, 6.45) is 0.0796. The van der Waals surface area contributed by atoms with Gasteiger partial charge < -0.3 is 14.2 Å². The van der Waals surface area contributed by atoms with Crippen molar-refractivity contribution in [3.63, 3.8) is 0 Å². The Kier molecular flexibility index (Phi) is 3.67. The van der Waals surface area contributed by atoms with Crippen LogP contribution in [0.2, 0.25) is 0 Å². The zero-order valence-electron chi connectivity index (χ0n) is 12.3. The van der Waals surface area contributed by atoms with Gasteiger partial charge in [-0.1, -0.05) is 25.9 Å². The third-order valence-corrected chi connectivity index (χ3v) is 3.32. The van der Waals surface area contributed by atoms with Gasteiger partial charge in [-0.05, 0) is 13.8 Å². The van der Waals surface area contributed by atoms with Crippen LogP contribution in [0.5, 0.6) is 0 Å². The Labute approximate surface area is 113 Å². The molecule has 1 aromatic rings. The fourth-order valence-electron chi connectivity index (χ4n) is 2.30. The quantitative estimate of drug-likeness (QED) is 0.781. The SMILES string of the molecule is Cc1onc(C(C)(C)C)c1C(=O)N1CCOC(C)C1. The van der Waals surface area contributed by atoms with Crippen molar-refractivity contribution in [1.29, 1.82) is 0 Å². The van der Waals surface area contributed by atoms with Crippen LogP contribution in [0.15, 0.2) is 4.52 Å². The van der Waals surface area contributed by atoms with E-state index in [1.54, 1.807) is 6.92 Å². The first kappa shape index (κ1) is 14.1. The molecule has 0 spiro atoms. The minimum Gasteiger partial charge on any atom is -0.375 e. The van der Waals surface area contributed by atoms with Crippen molar-refractivity contribution in [2.24, 2.45) is 0 Å². The summed E-state index contributed by atoms with van der Waals surface area (Å²) >= 11 is 0. The number of hydrogen-bond donors (Lipinski definition) is 0. The Balaban J connectivity index is 2.31. The van der Waals surface area contributed by atoms with Crippen molar-refractivity contribution in [3.8, 4) is 0 Å². The minimum atomic E-state index is -0.208. The molecule has 1 aliphatic heterocycles. The number of aromatic nitrogens is 1. The molecule has 0 radical (unpaired) electrons. The summed E-state index contributed by atoms with van der Waals surface area (Å²) in [4.78, 5) is 14.5. The molecule has 2 heterocycles. The van der Waals surface area contributed by atoms with E-state index in [1.165, 1.54) is 0 Å². The molecule has 1 amide bonds. The minimum absolute atomic E-state index is 0.00109. The largest absolute Gasteiger partial charge is 0.375 e. The smallest absolute Gasteiger partial charge is 0.259 e. The molecule has 0 saturated carbocycles. The number of carbonyl (C=O) groups is 1. The van der Waals surface area contributed by atoms with Gasteiger partial charge in [-0.15, -0.1) is 0 Å². The molecule has 1 aromatic heterocycles. The highest BCUT2D eigenvalue weighted by Gasteiger charge is 2.32. The van der Waals surface area contributed by atoms with Crippen molar-refractivity contribution in [1.82, 2.24) is 10.1 Å². The van der Waals surface area contributed by atoms with Gasteiger partial charge in [-0.3, -0.25) is 4.79 Å². The van der Waals surface area contributed by atoms with E-state index < -0.39 is 0 Å². The Hall–Kier alpha value is -1.36. The summed E-state index contributed by atoms with van der Waals surface area (Å²) in [5.74, 6) is 0.591. The molecule has 106 valence electrons. The van der Waals surface area contributed by atoms with E-state index in [0.29, 0.717) is 31.0 Å². The van der Waals surface area contributed by atoms with Gasteiger partial charge in [0.05, 0.1) is 12.7 Å². The predicted molar refractivity (Wildman–Crippen MR) is 71.3 cm³/mol. The topological polar surface area (TPSA) is 55.6 Å².